The molecule has 8 heteroatoms. The highest BCUT2D eigenvalue weighted by atomic mass is 35.5. The Balaban J connectivity index is 1.76. The Labute approximate surface area is 235 Å². The number of hydrogen-bond acceptors (Lipinski definition) is 4. The second-order valence-corrected chi connectivity index (χ2v) is 10.9. The predicted octanol–water partition coefficient (Wildman–Crippen LogP) is 5.23. The number of rotatable bonds is 11. The number of aromatic nitrogens is 3. The molecule has 0 saturated heterocycles. The molecule has 0 fully saturated rings. The summed E-state index contributed by atoms with van der Waals surface area (Å²) >= 11 is 6.57. The van der Waals surface area contributed by atoms with Crippen LogP contribution in [0.1, 0.15) is 52.6 Å². The summed E-state index contributed by atoms with van der Waals surface area (Å²) in [5.74, 6) is 0.0110. The molecule has 2 heterocycles. The van der Waals surface area contributed by atoms with Crippen LogP contribution in [-0.2, 0) is 13.0 Å². The molecule has 1 atom stereocenters. The third kappa shape index (κ3) is 6.60. The van der Waals surface area contributed by atoms with Gasteiger partial charge in [0.15, 0.2) is 0 Å². The normalized spacial score (nSPS) is 12.3. The number of halogens is 1. The van der Waals surface area contributed by atoms with Gasteiger partial charge in [-0.1, -0.05) is 66.6 Å². The van der Waals surface area contributed by atoms with E-state index in [1.807, 2.05) is 86.6 Å². The Bertz CT molecular complexity index is 1480. The third-order valence-electron chi connectivity index (χ3n) is 7.19. The molecule has 0 radical (unpaired) electrons. The smallest absolute Gasteiger partial charge is 0.335 e. The molecule has 4 aromatic rings. The van der Waals surface area contributed by atoms with Gasteiger partial charge in [0.2, 0.25) is 0 Å². The van der Waals surface area contributed by atoms with Crippen LogP contribution < -0.4 is 5.69 Å². The Hall–Kier alpha value is -3.42. The average Bonchev–Trinajstić information content (AvgIpc) is 3.21. The van der Waals surface area contributed by atoms with Gasteiger partial charge in [0, 0.05) is 30.3 Å². The van der Waals surface area contributed by atoms with Gasteiger partial charge in [-0.25, -0.2) is 4.79 Å². The lowest BCUT2D eigenvalue weighted by molar-refractivity contribution is 0.0662. The first kappa shape index (κ1) is 28.6. The molecule has 0 spiro atoms. The van der Waals surface area contributed by atoms with Crippen molar-refractivity contribution >= 4 is 23.0 Å². The minimum absolute atomic E-state index is 0.0110. The molecule has 0 bridgehead atoms. The lowest BCUT2D eigenvalue weighted by Crippen LogP contribution is -2.44. The fourth-order valence-corrected chi connectivity index (χ4v) is 5.13. The predicted molar refractivity (Wildman–Crippen MR) is 158 cm³/mol. The maximum absolute atomic E-state index is 13.8. The van der Waals surface area contributed by atoms with E-state index in [0.717, 1.165) is 36.2 Å². The van der Waals surface area contributed by atoms with Gasteiger partial charge >= 0.3 is 5.69 Å². The number of aryl methyl sites for hydroxylation is 2. The van der Waals surface area contributed by atoms with Crippen molar-refractivity contribution in [3.8, 4) is 0 Å². The number of fused-ring (bicyclic) bond motifs is 1. The molecule has 0 aliphatic carbocycles. The summed E-state index contributed by atoms with van der Waals surface area (Å²) in [6, 6.07) is 19.5. The van der Waals surface area contributed by atoms with Crippen LogP contribution >= 0.6 is 11.6 Å². The highest BCUT2D eigenvalue weighted by Crippen LogP contribution is 2.23. The molecule has 2 aromatic heterocycles. The van der Waals surface area contributed by atoms with Crippen LogP contribution in [-0.4, -0.2) is 63.1 Å². The Morgan fingerprint density at radius 3 is 2.36 bits per heavy atom. The number of benzene rings is 2. The third-order valence-corrected chi connectivity index (χ3v) is 7.65. The van der Waals surface area contributed by atoms with Crippen LogP contribution in [0.15, 0.2) is 65.5 Å². The number of carbonyl (C=O) groups is 1. The molecule has 0 N–H and O–H groups in total. The Morgan fingerprint density at radius 1 is 1.03 bits per heavy atom. The largest absolute Gasteiger partial charge is 0.349 e. The minimum atomic E-state index is -0.236. The first-order valence-electron chi connectivity index (χ1n) is 13.5. The summed E-state index contributed by atoms with van der Waals surface area (Å²) in [5, 5.41) is 4.88. The van der Waals surface area contributed by atoms with E-state index >= 15 is 0 Å². The van der Waals surface area contributed by atoms with Crippen LogP contribution in [0.4, 0.5) is 0 Å². The van der Waals surface area contributed by atoms with Crippen molar-refractivity contribution in [3.63, 3.8) is 0 Å². The molecule has 0 aliphatic rings. The number of hydrogen-bond donors (Lipinski definition) is 0. The van der Waals surface area contributed by atoms with Gasteiger partial charge in [-0.15, -0.1) is 0 Å². The van der Waals surface area contributed by atoms with Gasteiger partial charge < -0.3 is 9.80 Å². The van der Waals surface area contributed by atoms with E-state index in [9.17, 15) is 9.59 Å². The van der Waals surface area contributed by atoms with Crippen molar-refractivity contribution in [1.82, 2.24) is 24.0 Å². The van der Waals surface area contributed by atoms with E-state index in [1.54, 1.807) is 11.5 Å². The number of carbonyl (C=O) groups excluding carboxylic acids is 1. The second-order valence-electron chi connectivity index (χ2n) is 10.5. The second kappa shape index (κ2) is 12.6. The van der Waals surface area contributed by atoms with Crippen molar-refractivity contribution in [3.05, 3.63) is 104 Å². The molecule has 2 aromatic carbocycles. The molecule has 39 heavy (non-hydrogen) atoms. The van der Waals surface area contributed by atoms with Crippen LogP contribution in [0.25, 0.3) is 5.52 Å². The summed E-state index contributed by atoms with van der Waals surface area (Å²) in [5.41, 5.74) is 4.61. The van der Waals surface area contributed by atoms with Gasteiger partial charge in [-0.2, -0.15) is 9.61 Å². The molecule has 7 nitrogen and oxygen atoms in total. The lowest BCUT2D eigenvalue weighted by atomic mass is 10.0. The van der Waals surface area contributed by atoms with Crippen LogP contribution in [0.5, 0.6) is 0 Å². The quantitative estimate of drug-likeness (QED) is 0.258. The maximum Gasteiger partial charge on any atom is 0.349 e. The number of nitrogens with zero attached hydrogens (tertiary/aromatic N) is 5. The fourth-order valence-electron chi connectivity index (χ4n) is 4.96. The molecule has 206 valence electrons. The average molecular weight is 548 g/mol. The van der Waals surface area contributed by atoms with Crippen molar-refractivity contribution in [2.75, 3.05) is 27.2 Å². The van der Waals surface area contributed by atoms with Crippen molar-refractivity contribution < 1.29 is 4.79 Å². The summed E-state index contributed by atoms with van der Waals surface area (Å²) in [6.07, 6.45) is 2.12. The fraction of sp³-hybridized carbons (Fsp3) is 0.387. The molecular weight excluding hydrogens is 510 g/mol. The van der Waals surface area contributed by atoms with Gasteiger partial charge in [0.25, 0.3) is 5.91 Å². The monoisotopic (exact) mass is 547 g/mol. The SMILES string of the molecule is CC[C@H](Cc1cc2c(Cl)c(C)nn2c(=O)n1Cc1ccccc1)N(CCCN(C)C)C(=O)c1ccc(C)cc1. The van der Waals surface area contributed by atoms with Crippen LogP contribution in [0, 0.1) is 13.8 Å². The minimum Gasteiger partial charge on any atom is -0.335 e. The first-order chi connectivity index (χ1) is 18.7. The van der Waals surface area contributed by atoms with Gasteiger partial charge in [0.05, 0.1) is 22.8 Å². The molecule has 4 rings (SSSR count). The van der Waals surface area contributed by atoms with Crippen LogP contribution in [0.2, 0.25) is 5.02 Å². The summed E-state index contributed by atoms with van der Waals surface area (Å²) < 4.78 is 3.15. The van der Waals surface area contributed by atoms with E-state index in [4.69, 9.17) is 11.6 Å². The summed E-state index contributed by atoms with van der Waals surface area (Å²) in [6.45, 7) is 7.83. The van der Waals surface area contributed by atoms with E-state index in [1.165, 1.54) is 4.52 Å². The number of amides is 1. The summed E-state index contributed by atoms with van der Waals surface area (Å²) in [7, 11) is 4.08. The first-order valence-corrected chi connectivity index (χ1v) is 13.9. The van der Waals surface area contributed by atoms with E-state index in [2.05, 4.69) is 16.9 Å². The van der Waals surface area contributed by atoms with Crippen molar-refractivity contribution in [2.45, 2.75) is 52.6 Å². The topological polar surface area (TPSA) is 62.9 Å². The van der Waals surface area contributed by atoms with E-state index in [0.29, 0.717) is 41.3 Å². The van der Waals surface area contributed by atoms with E-state index < -0.39 is 0 Å². The van der Waals surface area contributed by atoms with Crippen molar-refractivity contribution in [1.29, 1.82) is 0 Å². The maximum atomic E-state index is 13.8. The van der Waals surface area contributed by atoms with Crippen molar-refractivity contribution in [2.24, 2.45) is 0 Å². The molecule has 0 saturated carbocycles. The standard InChI is InChI=1S/C31H38ClN5O2/c1-6-26(35(18-10-17-34(4)5)30(38)25-15-13-22(2)14-16-25)19-27-20-28-29(32)23(3)33-37(28)31(39)36(27)21-24-11-8-7-9-12-24/h7-9,11-16,20,26H,6,10,17-19,21H2,1-5H3/t26-/m1/s1. The highest BCUT2D eigenvalue weighted by Gasteiger charge is 2.26. The molecule has 0 unspecified atom stereocenters. The Kier molecular flexibility index (Phi) is 9.25. The zero-order valence-corrected chi connectivity index (χ0v) is 24.3. The highest BCUT2D eigenvalue weighted by molar-refractivity contribution is 6.34. The zero-order valence-electron chi connectivity index (χ0n) is 23.5. The summed E-state index contributed by atoms with van der Waals surface area (Å²) in [4.78, 5) is 31.7. The van der Waals surface area contributed by atoms with Crippen LogP contribution in [0.3, 0.4) is 0 Å². The van der Waals surface area contributed by atoms with Gasteiger partial charge in [-0.05, 0) is 71.1 Å². The molecule has 1 amide bonds. The van der Waals surface area contributed by atoms with Gasteiger partial charge in [0.1, 0.15) is 0 Å². The molecular formula is C31H38ClN5O2. The zero-order chi connectivity index (χ0) is 28.1. The van der Waals surface area contributed by atoms with Gasteiger partial charge in [-0.3, -0.25) is 9.36 Å². The Morgan fingerprint density at radius 2 is 1.72 bits per heavy atom. The lowest BCUT2D eigenvalue weighted by Gasteiger charge is -2.32. The van der Waals surface area contributed by atoms with E-state index in [-0.39, 0.29) is 17.6 Å². The molecule has 0 aliphatic heterocycles.